The molecule has 0 radical (unpaired) electrons. The highest BCUT2D eigenvalue weighted by atomic mass is 32.2. The molecule has 1 atom stereocenters. The van der Waals surface area contributed by atoms with Crippen molar-refractivity contribution in [3.8, 4) is 0 Å². The minimum atomic E-state index is -3.65. The molecule has 2 rings (SSSR count). The molecule has 8 heteroatoms. The molecule has 1 heterocycles. The van der Waals surface area contributed by atoms with Crippen LogP contribution in [0, 0.1) is 19.8 Å². The van der Waals surface area contributed by atoms with Crippen molar-refractivity contribution in [2.24, 2.45) is 5.92 Å². The molecule has 7 nitrogen and oxygen atoms in total. The van der Waals surface area contributed by atoms with Gasteiger partial charge in [0.2, 0.25) is 15.9 Å². The van der Waals surface area contributed by atoms with Gasteiger partial charge in [-0.15, -0.1) is 0 Å². The Hall–Kier alpha value is -2.09. The fourth-order valence-electron chi connectivity index (χ4n) is 3.74. The summed E-state index contributed by atoms with van der Waals surface area (Å²) in [5.41, 5.74) is 2.35. The van der Waals surface area contributed by atoms with Crippen molar-refractivity contribution in [3.63, 3.8) is 0 Å². The van der Waals surface area contributed by atoms with E-state index in [0.29, 0.717) is 38.2 Å². The van der Waals surface area contributed by atoms with Crippen LogP contribution in [0.15, 0.2) is 18.2 Å². The Morgan fingerprint density at radius 3 is 2.18 bits per heavy atom. The number of anilines is 1. The number of benzene rings is 1. The van der Waals surface area contributed by atoms with Crippen LogP contribution in [0.2, 0.25) is 0 Å². The van der Waals surface area contributed by atoms with Gasteiger partial charge in [0, 0.05) is 13.1 Å². The molecule has 0 unspecified atom stereocenters. The van der Waals surface area contributed by atoms with E-state index in [9.17, 15) is 18.0 Å². The second kappa shape index (κ2) is 8.94. The number of rotatable bonds is 6. The predicted molar refractivity (Wildman–Crippen MR) is 109 cm³/mol. The number of hydrogen-bond acceptors (Lipinski definition) is 5. The number of sulfonamides is 1. The van der Waals surface area contributed by atoms with E-state index < -0.39 is 16.1 Å². The third-order valence-electron chi connectivity index (χ3n) is 4.95. The molecule has 0 aromatic heterocycles. The highest BCUT2D eigenvalue weighted by Crippen LogP contribution is 2.26. The monoisotopic (exact) mass is 410 g/mol. The summed E-state index contributed by atoms with van der Waals surface area (Å²) in [6.45, 7) is 8.33. The van der Waals surface area contributed by atoms with Gasteiger partial charge in [-0.3, -0.25) is 13.9 Å². The van der Waals surface area contributed by atoms with Crippen LogP contribution in [0.3, 0.4) is 0 Å². The summed E-state index contributed by atoms with van der Waals surface area (Å²) in [7, 11) is -3.65. The molecule has 0 bridgehead atoms. The Morgan fingerprint density at radius 2 is 1.71 bits per heavy atom. The SMILES string of the molecule is CCOC(=O)C1CCN(C(=O)[C@H](C)N(c2cc(C)cc(C)c2)S(C)(=O)=O)CC1. The number of hydrogen-bond donors (Lipinski definition) is 0. The molecule has 0 spiro atoms. The summed E-state index contributed by atoms with van der Waals surface area (Å²) in [6.07, 6.45) is 2.17. The summed E-state index contributed by atoms with van der Waals surface area (Å²) in [4.78, 5) is 26.6. The van der Waals surface area contributed by atoms with E-state index in [4.69, 9.17) is 4.74 Å². The zero-order chi connectivity index (χ0) is 21.1. The van der Waals surface area contributed by atoms with Gasteiger partial charge < -0.3 is 9.64 Å². The highest BCUT2D eigenvalue weighted by Gasteiger charge is 2.35. The van der Waals surface area contributed by atoms with E-state index in [1.54, 1.807) is 30.9 Å². The van der Waals surface area contributed by atoms with Gasteiger partial charge in [0.15, 0.2) is 0 Å². The first-order valence-corrected chi connectivity index (χ1v) is 11.4. The quantitative estimate of drug-likeness (QED) is 0.672. The first kappa shape index (κ1) is 22.2. The van der Waals surface area contributed by atoms with E-state index in [0.717, 1.165) is 17.4 Å². The topological polar surface area (TPSA) is 84.0 Å². The first-order chi connectivity index (χ1) is 13.0. The smallest absolute Gasteiger partial charge is 0.309 e. The average Bonchev–Trinajstić information content (AvgIpc) is 2.59. The number of esters is 1. The Balaban J connectivity index is 2.18. The molecule has 28 heavy (non-hydrogen) atoms. The zero-order valence-corrected chi connectivity index (χ0v) is 18.1. The minimum Gasteiger partial charge on any atom is -0.466 e. The number of nitrogens with zero attached hydrogens (tertiary/aromatic N) is 2. The van der Waals surface area contributed by atoms with E-state index >= 15 is 0 Å². The summed E-state index contributed by atoms with van der Waals surface area (Å²) < 4.78 is 31.2. The number of carbonyl (C=O) groups excluding carboxylic acids is 2. The van der Waals surface area contributed by atoms with Crippen molar-refractivity contribution in [2.75, 3.05) is 30.3 Å². The van der Waals surface area contributed by atoms with E-state index in [1.807, 2.05) is 19.9 Å². The molecule has 1 saturated heterocycles. The van der Waals surface area contributed by atoms with Crippen molar-refractivity contribution in [2.45, 2.75) is 46.6 Å². The number of likely N-dealkylation sites (tertiary alicyclic amines) is 1. The fourth-order valence-corrected chi connectivity index (χ4v) is 4.89. The van der Waals surface area contributed by atoms with Gasteiger partial charge in [0.05, 0.1) is 24.5 Å². The normalized spacial score (nSPS) is 16.5. The Bertz CT molecular complexity index is 809. The lowest BCUT2D eigenvalue weighted by molar-refractivity contribution is -0.151. The van der Waals surface area contributed by atoms with Crippen molar-refractivity contribution in [3.05, 3.63) is 29.3 Å². The third-order valence-corrected chi connectivity index (χ3v) is 6.20. The van der Waals surface area contributed by atoms with E-state index in [1.165, 1.54) is 4.31 Å². The lowest BCUT2D eigenvalue weighted by Crippen LogP contribution is -2.51. The third kappa shape index (κ3) is 5.25. The van der Waals surface area contributed by atoms with Crippen molar-refractivity contribution < 1.29 is 22.7 Å². The average molecular weight is 411 g/mol. The van der Waals surface area contributed by atoms with Crippen LogP contribution in [-0.2, 0) is 24.3 Å². The maximum atomic E-state index is 13.0. The molecule has 1 aromatic rings. The summed E-state index contributed by atoms with van der Waals surface area (Å²) >= 11 is 0. The van der Waals surface area contributed by atoms with Crippen LogP contribution in [0.4, 0.5) is 5.69 Å². The Labute approximate surface area is 167 Å². The molecule has 0 N–H and O–H groups in total. The van der Waals surface area contributed by atoms with Crippen molar-refractivity contribution in [1.29, 1.82) is 0 Å². The molecule has 156 valence electrons. The number of piperidine rings is 1. The van der Waals surface area contributed by atoms with Crippen molar-refractivity contribution >= 4 is 27.6 Å². The second-order valence-electron chi connectivity index (χ2n) is 7.43. The zero-order valence-electron chi connectivity index (χ0n) is 17.3. The van der Waals surface area contributed by atoms with Crippen LogP contribution >= 0.6 is 0 Å². The standard InChI is InChI=1S/C20H30N2O5S/c1-6-27-20(24)17-7-9-21(10-8-17)19(23)16(4)22(28(5,25)26)18-12-14(2)11-15(3)13-18/h11-13,16-17H,6-10H2,1-5H3/t16-/m0/s1. The largest absolute Gasteiger partial charge is 0.466 e. The van der Waals surface area contributed by atoms with Gasteiger partial charge in [-0.1, -0.05) is 6.07 Å². The van der Waals surface area contributed by atoms with E-state index in [2.05, 4.69) is 0 Å². The maximum Gasteiger partial charge on any atom is 0.309 e. The first-order valence-electron chi connectivity index (χ1n) is 9.57. The maximum absolute atomic E-state index is 13.0. The number of carbonyl (C=O) groups is 2. The Kier molecular flexibility index (Phi) is 7.09. The lowest BCUT2D eigenvalue weighted by Gasteiger charge is -2.36. The number of amides is 1. The van der Waals surface area contributed by atoms with Gasteiger partial charge in [0.1, 0.15) is 6.04 Å². The predicted octanol–water partition coefficient (Wildman–Crippen LogP) is 2.26. The molecule has 0 aliphatic carbocycles. The number of aryl methyl sites for hydroxylation is 2. The molecular formula is C20H30N2O5S. The summed E-state index contributed by atoms with van der Waals surface area (Å²) in [5, 5.41) is 0. The second-order valence-corrected chi connectivity index (χ2v) is 9.29. The van der Waals surface area contributed by atoms with Crippen molar-refractivity contribution in [1.82, 2.24) is 4.90 Å². The van der Waals surface area contributed by atoms with Gasteiger partial charge >= 0.3 is 5.97 Å². The lowest BCUT2D eigenvalue weighted by atomic mass is 9.96. The van der Waals surface area contributed by atoms with Crippen LogP contribution in [0.1, 0.15) is 37.8 Å². The molecule has 1 aliphatic heterocycles. The van der Waals surface area contributed by atoms with Crippen LogP contribution in [-0.4, -0.2) is 57.2 Å². The molecular weight excluding hydrogens is 380 g/mol. The molecule has 1 amide bonds. The fraction of sp³-hybridized carbons (Fsp3) is 0.600. The summed E-state index contributed by atoms with van der Waals surface area (Å²) in [6, 6.07) is 4.63. The number of ether oxygens (including phenoxy) is 1. The highest BCUT2D eigenvalue weighted by molar-refractivity contribution is 7.92. The Morgan fingerprint density at radius 1 is 1.18 bits per heavy atom. The van der Waals surface area contributed by atoms with Gasteiger partial charge in [-0.25, -0.2) is 8.42 Å². The van der Waals surface area contributed by atoms with Gasteiger partial charge in [-0.05, 0) is 63.8 Å². The van der Waals surface area contributed by atoms with Gasteiger partial charge in [0.25, 0.3) is 0 Å². The molecule has 1 fully saturated rings. The van der Waals surface area contributed by atoms with Gasteiger partial charge in [-0.2, -0.15) is 0 Å². The minimum absolute atomic E-state index is 0.204. The van der Waals surface area contributed by atoms with Crippen LogP contribution < -0.4 is 4.31 Å². The molecule has 1 aliphatic rings. The van der Waals surface area contributed by atoms with Crippen LogP contribution in [0.25, 0.3) is 0 Å². The summed E-state index contributed by atoms with van der Waals surface area (Å²) in [5.74, 6) is -0.688. The van der Waals surface area contributed by atoms with Crippen LogP contribution in [0.5, 0.6) is 0 Å². The molecule has 0 saturated carbocycles. The van der Waals surface area contributed by atoms with E-state index in [-0.39, 0.29) is 17.8 Å². The molecule has 1 aromatic carbocycles.